The molecule has 4 N–H and O–H groups in total. The Morgan fingerprint density at radius 1 is 1.32 bits per heavy atom. The Morgan fingerprint density at radius 2 is 1.91 bits per heavy atom. The molecular weight excluding hydrogens is 349 g/mol. The summed E-state index contributed by atoms with van der Waals surface area (Å²) in [6.07, 6.45) is 2.99. The second-order valence-electron chi connectivity index (χ2n) is 4.96. The van der Waals surface area contributed by atoms with Gasteiger partial charge < -0.3 is 5.73 Å². The second kappa shape index (κ2) is 7.30. The van der Waals surface area contributed by atoms with Gasteiger partial charge in [-0.1, -0.05) is 24.4 Å². The third-order valence-corrected chi connectivity index (χ3v) is 6.23. The molecule has 22 heavy (non-hydrogen) atoms. The fourth-order valence-corrected chi connectivity index (χ4v) is 4.82. The quantitative estimate of drug-likeness (QED) is 0.562. The van der Waals surface area contributed by atoms with E-state index in [-0.39, 0.29) is 27.9 Å². The molecule has 9 heteroatoms. The van der Waals surface area contributed by atoms with E-state index in [4.69, 9.17) is 22.7 Å². The van der Waals surface area contributed by atoms with Gasteiger partial charge in [-0.2, -0.15) is 0 Å². The number of benzene rings is 1. The molecule has 122 valence electrons. The maximum absolute atomic E-state index is 12.6. The lowest BCUT2D eigenvalue weighted by molar-refractivity contribution is 0.0976. The zero-order valence-electron chi connectivity index (χ0n) is 11.6. The lowest BCUT2D eigenvalue weighted by Crippen LogP contribution is -2.35. The van der Waals surface area contributed by atoms with Crippen molar-refractivity contribution in [1.29, 1.82) is 5.41 Å². The molecule has 0 aliphatic heterocycles. The maximum atomic E-state index is 12.6. The lowest BCUT2D eigenvalue weighted by Gasteiger charge is -2.13. The van der Waals surface area contributed by atoms with E-state index in [1.165, 1.54) is 18.2 Å². The van der Waals surface area contributed by atoms with Crippen molar-refractivity contribution in [3.63, 3.8) is 0 Å². The third-order valence-electron chi connectivity index (χ3n) is 3.49. The molecular formula is C13H17Cl2N3O3S. The van der Waals surface area contributed by atoms with Gasteiger partial charge in [0.25, 0.3) is 5.91 Å². The summed E-state index contributed by atoms with van der Waals surface area (Å²) in [4.78, 5) is 11.8. The Kier molecular flexibility index (Phi) is 6.22. The molecule has 1 fully saturated rings. The molecule has 2 rings (SSSR count). The highest BCUT2D eigenvalue weighted by molar-refractivity contribution is 7.92. The highest BCUT2D eigenvalue weighted by Gasteiger charge is 2.32. The summed E-state index contributed by atoms with van der Waals surface area (Å²) in [7, 11) is -3.55. The van der Waals surface area contributed by atoms with Gasteiger partial charge in [-0.3, -0.25) is 15.5 Å². The van der Waals surface area contributed by atoms with Crippen LogP contribution in [0.25, 0.3) is 0 Å². The summed E-state index contributed by atoms with van der Waals surface area (Å²) in [5.74, 6) is -1.14. The number of nitrogens with one attached hydrogen (secondary N) is 2. The minimum Gasteiger partial charge on any atom is -0.370 e. The highest BCUT2D eigenvalue weighted by atomic mass is 35.5. The number of nitrogens with two attached hydrogens (primary N) is 1. The van der Waals surface area contributed by atoms with Crippen LogP contribution >= 0.6 is 24.0 Å². The molecule has 1 aliphatic rings. The number of amides is 1. The number of rotatable bonds is 3. The Bertz CT molecular complexity index is 686. The van der Waals surface area contributed by atoms with E-state index in [0.717, 1.165) is 12.8 Å². The van der Waals surface area contributed by atoms with Crippen LogP contribution in [-0.4, -0.2) is 25.5 Å². The molecule has 1 saturated carbocycles. The van der Waals surface area contributed by atoms with E-state index in [9.17, 15) is 13.2 Å². The maximum Gasteiger partial charge on any atom is 0.257 e. The number of guanidine groups is 1. The summed E-state index contributed by atoms with van der Waals surface area (Å²) in [6.45, 7) is 0. The van der Waals surface area contributed by atoms with Crippen molar-refractivity contribution in [1.82, 2.24) is 5.32 Å². The smallest absolute Gasteiger partial charge is 0.257 e. The molecule has 0 heterocycles. The summed E-state index contributed by atoms with van der Waals surface area (Å²) in [5, 5.41) is 8.80. The van der Waals surface area contributed by atoms with Gasteiger partial charge in [0.05, 0.1) is 15.2 Å². The average Bonchev–Trinajstić information content (AvgIpc) is 2.92. The molecule has 1 aliphatic carbocycles. The topological polar surface area (TPSA) is 113 Å². The number of halogens is 2. The normalized spacial score (nSPS) is 15.1. The third kappa shape index (κ3) is 3.91. The van der Waals surface area contributed by atoms with E-state index in [1.807, 2.05) is 0 Å². The van der Waals surface area contributed by atoms with Crippen LogP contribution in [0.2, 0.25) is 5.02 Å². The second-order valence-corrected chi connectivity index (χ2v) is 7.57. The first-order valence-corrected chi connectivity index (χ1v) is 8.43. The number of hydrogen-bond acceptors (Lipinski definition) is 4. The molecule has 0 spiro atoms. The molecule has 0 saturated heterocycles. The van der Waals surface area contributed by atoms with Crippen LogP contribution in [0.4, 0.5) is 0 Å². The van der Waals surface area contributed by atoms with Gasteiger partial charge in [-0.25, -0.2) is 8.42 Å². The van der Waals surface area contributed by atoms with Crippen molar-refractivity contribution < 1.29 is 13.2 Å². The largest absolute Gasteiger partial charge is 0.370 e. The number of hydrogen-bond donors (Lipinski definition) is 3. The predicted octanol–water partition coefficient (Wildman–Crippen LogP) is 2.10. The van der Waals surface area contributed by atoms with E-state index >= 15 is 0 Å². The van der Waals surface area contributed by atoms with E-state index in [1.54, 1.807) is 0 Å². The van der Waals surface area contributed by atoms with Gasteiger partial charge in [-0.15, -0.1) is 12.4 Å². The van der Waals surface area contributed by atoms with Gasteiger partial charge in [0.2, 0.25) is 0 Å². The standard InChI is InChI=1S/C13H16ClN3O3S.ClH/c14-10-6-5-8(12(18)17-13(15)16)7-11(10)21(19,20)9-3-1-2-4-9;/h5-7,9H,1-4H2,(H4,15,16,17,18);1H. The van der Waals surface area contributed by atoms with Crippen molar-refractivity contribution >= 4 is 45.7 Å². The van der Waals surface area contributed by atoms with E-state index < -0.39 is 27.0 Å². The monoisotopic (exact) mass is 365 g/mol. The Hall–Kier alpha value is -1.31. The molecule has 0 unspecified atom stereocenters. The van der Waals surface area contributed by atoms with Crippen molar-refractivity contribution in [2.75, 3.05) is 0 Å². The van der Waals surface area contributed by atoms with Crippen LogP contribution < -0.4 is 11.1 Å². The Balaban J connectivity index is 0.00000242. The zero-order valence-corrected chi connectivity index (χ0v) is 14.0. The minimum atomic E-state index is -3.55. The van der Waals surface area contributed by atoms with Crippen molar-refractivity contribution in [2.45, 2.75) is 35.8 Å². The van der Waals surface area contributed by atoms with Crippen LogP contribution in [0.15, 0.2) is 23.1 Å². The SMILES string of the molecule is Cl.N=C(N)NC(=O)c1ccc(Cl)c(S(=O)(=O)C2CCCC2)c1. The number of carbonyl (C=O) groups excluding carboxylic acids is 1. The van der Waals surface area contributed by atoms with Gasteiger partial charge in [0.15, 0.2) is 15.8 Å². The molecule has 0 bridgehead atoms. The first kappa shape index (κ1) is 18.7. The zero-order chi connectivity index (χ0) is 15.6. The molecule has 1 aromatic carbocycles. The van der Waals surface area contributed by atoms with Crippen molar-refractivity contribution in [3.05, 3.63) is 28.8 Å². The van der Waals surface area contributed by atoms with Gasteiger partial charge in [-0.05, 0) is 31.0 Å². The van der Waals surface area contributed by atoms with Gasteiger partial charge >= 0.3 is 0 Å². The fourth-order valence-electron chi connectivity index (χ4n) is 2.44. The van der Waals surface area contributed by atoms with Crippen LogP contribution in [0.3, 0.4) is 0 Å². The van der Waals surface area contributed by atoms with Crippen LogP contribution in [0, 0.1) is 5.41 Å². The lowest BCUT2D eigenvalue weighted by atomic mass is 10.2. The molecule has 0 atom stereocenters. The fraction of sp³-hybridized carbons (Fsp3) is 0.385. The molecule has 1 aromatic rings. The van der Waals surface area contributed by atoms with Crippen molar-refractivity contribution in [2.24, 2.45) is 5.73 Å². The molecule has 0 radical (unpaired) electrons. The van der Waals surface area contributed by atoms with E-state index in [2.05, 4.69) is 5.32 Å². The summed E-state index contributed by atoms with van der Waals surface area (Å²) in [6, 6.07) is 4.01. The van der Waals surface area contributed by atoms with Crippen LogP contribution in [0.1, 0.15) is 36.0 Å². The summed E-state index contributed by atoms with van der Waals surface area (Å²) < 4.78 is 25.1. The first-order valence-electron chi connectivity index (χ1n) is 6.51. The average molecular weight is 366 g/mol. The van der Waals surface area contributed by atoms with Gasteiger partial charge in [0.1, 0.15) is 0 Å². The minimum absolute atomic E-state index is 0. The number of sulfone groups is 1. The molecule has 0 aromatic heterocycles. The Morgan fingerprint density at radius 3 is 2.45 bits per heavy atom. The van der Waals surface area contributed by atoms with E-state index in [0.29, 0.717) is 12.8 Å². The molecule has 6 nitrogen and oxygen atoms in total. The van der Waals surface area contributed by atoms with Crippen molar-refractivity contribution in [3.8, 4) is 0 Å². The van der Waals surface area contributed by atoms with Crippen LogP contribution in [-0.2, 0) is 9.84 Å². The highest BCUT2D eigenvalue weighted by Crippen LogP contribution is 2.33. The molecule has 1 amide bonds. The predicted molar refractivity (Wildman–Crippen MR) is 87.5 cm³/mol. The van der Waals surface area contributed by atoms with Crippen LogP contribution in [0.5, 0.6) is 0 Å². The Labute approximate surface area is 140 Å². The number of carbonyl (C=O) groups is 1. The summed E-state index contributed by atoms with van der Waals surface area (Å²) in [5.41, 5.74) is 5.19. The summed E-state index contributed by atoms with van der Waals surface area (Å²) >= 11 is 5.99. The van der Waals surface area contributed by atoms with Gasteiger partial charge in [0, 0.05) is 5.56 Å². The first-order chi connectivity index (χ1) is 9.82.